The van der Waals surface area contributed by atoms with Gasteiger partial charge in [-0.1, -0.05) is 19.6 Å². The van der Waals surface area contributed by atoms with E-state index in [4.69, 9.17) is 4.74 Å². The molecule has 0 saturated carbocycles. The van der Waals surface area contributed by atoms with Crippen LogP contribution in [-0.4, -0.2) is 23.4 Å². The minimum atomic E-state index is -1.17. The second kappa shape index (κ2) is 4.27. The highest BCUT2D eigenvalue weighted by Crippen LogP contribution is 2.11. The molecule has 4 heteroatoms. The van der Waals surface area contributed by atoms with Crippen LogP contribution >= 0.6 is 0 Å². The molecule has 0 aliphatic rings. The highest BCUT2D eigenvalue weighted by atomic mass is 28.3. The van der Waals surface area contributed by atoms with E-state index in [2.05, 4.69) is 31.5 Å². The molecule has 0 aromatic carbocycles. The van der Waals surface area contributed by atoms with E-state index >= 15 is 0 Å². The minimum absolute atomic E-state index is 0.379. The second-order valence-electron chi connectivity index (χ2n) is 4.75. The number of hydrogen-bond acceptors (Lipinski definition) is 2. The third-order valence-electron chi connectivity index (χ3n) is 2.61. The average Bonchev–Trinajstić information content (AvgIpc) is 2.45. The fourth-order valence-electron chi connectivity index (χ4n) is 0.982. The molecule has 0 spiro atoms. The maximum absolute atomic E-state index is 5.82. The number of imidazole rings is 1. The van der Waals surface area contributed by atoms with Crippen molar-refractivity contribution in [3.8, 4) is 0 Å². The van der Waals surface area contributed by atoms with Crippen molar-refractivity contribution in [2.24, 2.45) is 0 Å². The average molecular weight is 212 g/mol. The molecule has 1 rings (SSSR count). The molecule has 0 radical (unpaired) electrons. The molecule has 0 fully saturated rings. The molecule has 14 heavy (non-hydrogen) atoms. The summed E-state index contributed by atoms with van der Waals surface area (Å²) in [5, 5.41) is 0. The van der Waals surface area contributed by atoms with Crippen LogP contribution in [0.25, 0.3) is 0 Å². The van der Waals surface area contributed by atoms with E-state index in [1.165, 1.54) is 0 Å². The Morgan fingerprint density at radius 1 is 1.50 bits per heavy atom. The zero-order chi connectivity index (χ0) is 10.8. The van der Waals surface area contributed by atoms with E-state index in [9.17, 15) is 0 Å². The van der Waals surface area contributed by atoms with Gasteiger partial charge in [0.25, 0.3) is 0 Å². The van der Waals surface area contributed by atoms with Crippen LogP contribution < -0.4 is 0 Å². The van der Waals surface area contributed by atoms with E-state index in [0.29, 0.717) is 12.5 Å². The van der Waals surface area contributed by atoms with Gasteiger partial charge in [0, 0.05) is 18.1 Å². The van der Waals surface area contributed by atoms with Crippen LogP contribution in [0.4, 0.5) is 0 Å². The van der Waals surface area contributed by atoms with Crippen LogP contribution in [0.15, 0.2) is 12.4 Å². The van der Waals surface area contributed by atoms with Crippen molar-refractivity contribution in [2.75, 3.05) is 0 Å². The molecular formula is C10H20N2OSi. The summed E-state index contributed by atoms with van der Waals surface area (Å²) in [6.45, 7) is 11.7. The first-order chi connectivity index (χ1) is 6.41. The first-order valence-electron chi connectivity index (χ1n) is 5.00. The van der Waals surface area contributed by atoms with Crippen molar-refractivity contribution in [2.45, 2.75) is 45.9 Å². The fraction of sp³-hybridized carbons (Fsp3) is 0.700. The quantitative estimate of drug-likeness (QED) is 0.717. The molecule has 0 amide bonds. The summed E-state index contributed by atoms with van der Waals surface area (Å²) < 4.78 is 7.84. The van der Waals surface area contributed by atoms with Crippen LogP contribution in [0.3, 0.4) is 0 Å². The van der Waals surface area contributed by atoms with Gasteiger partial charge in [0.15, 0.2) is 0 Å². The largest absolute Gasteiger partial charge is 0.361 e. The normalized spacial score (nSPS) is 14.4. The summed E-state index contributed by atoms with van der Waals surface area (Å²) in [5.41, 5.74) is 0.379. The highest BCUT2D eigenvalue weighted by molar-refractivity contribution is 6.77. The number of rotatable bonds is 4. The standard InChI is InChI=1S/C10H20N2OSi/c1-9-11-6-7-12(9)8-13-10(2)14(3,4)5/h6-7,10H,8H2,1-5H3. The highest BCUT2D eigenvalue weighted by Gasteiger charge is 2.23. The van der Waals surface area contributed by atoms with E-state index in [1.54, 1.807) is 6.20 Å². The van der Waals surface area contributed by atoms with Gasteiger partial charge in [-0.25, -0.2) is 4.98 Å². The number of nitrogens with zero attached hydrogens (tertiary/aromatic N) is 2. The lowest BCUT2D eigenvalue weighted by molar-refractivity contribution is 0.0553. The molecule has 0 N–H and O–H groups in total. The van der Waals surface area contributed by atoms with E-state index in [-0.39, 0.29) is 0 Å². The van der Waals surface area contributed by atoms with Gasteiger partial charge in [-0.05, 0) is 13.8 Å². The zero-order valence-corrected chi connectivity index (χ0v) is 10.7. The molecule has 1 atom stereocenters. The van der Waals surface area contributed by atoms with Gasteiger partial charge in [-0.15, -0.1) is 0 Å². The molecule has 1 aromatic rings. The Kier molecular flexibility index (Phi) is 3.50. The van der Waals surface area contributed by atoms with Crippen LogP contribution in [0.1, 0.15) is 12.7 Å². The Hall–Kier alpha value is -0.613. The van der Waals surface area contributed by atoms with Crippen molar-refractivity contribution in [3.05, 3.63) is 18.2 Å². The van der Waals surface area contributed by atoms with Gasteiger partial charge in [-0.2, -0.15) is 0 Å². The molecule has 1 unspecified atom stereocenters. The van der Waals surface area contributed by atoms with Crippen molar-refractivity contribution < 1.29 is 4.74 Å². The first-order valence-corrected chi connectivity index (χ1v) is 8.58. The third kappa shape index (κ3) is 2.96. The lowest BCUT2D eigenvalue weighted by Gasteiger charge is -2.25. The molecular weight excluding hydrogens is 192 g/mol. The number of aryl methyl sites for hydroxylation is 1. The molecule has 0 saturated heterocycles. The maximum atomic E-state index is 5.82. The predicted octanol–water partition coefficient (Wildman–Crippen LogP) is 2.43. The van der Waals surface area contributed by atoms with Crippen LogP contribution in [0, 0.1) is 6.92 Å². The summed E-state index contributed by atoms with van der Waals surface area (Å²) in [5.74, 6) is 1.01. The van der Waals surface area contributed by atoms with Gasteiger partial charge in [0.05, 0.1) is 8.07 Å². The number of aromatic nitrogens is 2. The molecule has 0 aliphatic heterocycles. The first kappa shape index (κ1) is 11.5. The third-order valence-corrected chi connectivity index (χ3v) is 5.21. The fourth-order valence-corrected chi connectivity index (χ4v) is 1.56. The summed E-state index contributed by atoms with van der Waals surface area (Å²) in [7, 11) is -1.17. The lowest BCUT2D eigenvalue weighted by Crippen LogP contribution is -2.38. The smallest absolute Gasteiger partial charge is 0.123 e. The molecule has 80 valence electrons. The molecule has 0 bridgehead atoms. The van der Waals surface area contributed by atoms with Gasteiger partial charge in [0.1, 0.15) is 12.6 Å². The molecule has 3 nitrogen and oxygen atoms in total. The van der Waals surface area contributed by atoms with E-state index in [0.717, 1.165) is 5.82 Å². The summed E-state index contributed by atoms with van der Waals surface area (Å²) in [6, 6.07) is 0. The predicted molar refractivity (Wildman–Crippen MR) is 60.9 cm³/mol. The van der Waals surface area contributed by atoms with Crippen LogP contribution in [-0.2, 0) is 11.5 Å². The Balaban J connectivity index is 2.46. The topological polar surface area (TPSA) is 27.1 Å². The van der Waals surface area contributed by atoms with Gasteiger partial charge in [-0.3, -0.25) is 0 Å². The Bertz CT molecular complexity index is 291. The summed E-state index contributed by atoms with van der Waals surface area (Å²) in [6.07, 6.45) is 3.75. The SMILES string of the molecule is Cc1nccn1COC(C)[Si](C)(C)C. The Morgan fingerprint density at radius 2 is 2.14 bits per heavy atom. The lowest BCUT2D eigenvalue weighted by atomic mass is 10.7. The molecule has 0 aliphatic carbocycles. The Labute approximate surface area is 87.1 Å². The monoisotopic (exact) mass is 212 g/mol. The maximum Gasteiger partial charge on any atom is 0.123 e. The van der Waals surface area contributed by atoms with E-state index < -0.39 is 8.07 Å². The van der Waals surface area contributed by atoms with Crippen molar-refractivity contribution in [3.63, 3.8) is 0 Å². The molecule has 1 heterocycles. The van der Waals surface area contributed by atoms with Crippen molar-refractivity contribution in [1.29, 1.82) is 0 Å². The Morgan fingerprint density at radius 3 is 2.57 bits per heavy atom. The summed E-state index contributed by atoms with van der Waals surface area (Å²) in [4.78, 5) is 4.15. The van der Waals surface area contributed by atoms with Crippen LogP contribution in [0.2, 0.25) is 19.6 Å². The van der Waals surface area contributed by atoms with E-state index in [1.807, 2.05) is 17.7 Å². The van der Waals surface area contributed by atoms with Crippen molar-refractivity contribution in [1.82, 2.24) is 9.55 Å². The van der Waals surface area contributed by atoms with Gasteiger partial charge >= 0.3 is 0 Å². The number of hydrogen-bond donors (Lipinski definition) is 0. The summed E-state index contributed by atoms with van der Waals surface area (Å²) >= 11 is 0. The minimum Gasteiger partial charge on any atom is -0.361 e. The zero-order valence-electron chi connectivity index (χ0n) is 9.74. The van der Waals surface area contributed by atoms with Crippen LogP contribution in [0.5, 0.6) is 0 Å². The second-order valence-corrected chi connectivity index (χ2v) is 10.3. The number of ether oxygens (including phenoxy) is 1. The van der Waals surface area contributed by atoms with Gasteiger partial charge < -0.3 is 9.30 Å². The van der Waals surface area contributed by atoms with Crippen molar-refractivity contribution >= 4 is 8.07 Å². The van der Waals surface area contributed by atoms with Gasteiger partial charge in [0.2, 0.25) is 0 Å². The molecule has 1 aromatic heterocycles.